The summed E-state index contributed by atoms with van der Waals surface area (Å²) in [5.74, 6) is 0. The van der Waals surface area contributed by atoms with E-state index in [0.717, 1.165) is 5.56 Å². The van der Waals surface area contributed by atoms with Crippen LogP contribution in [0, 0.1) is 0 Å². The van der Waals surface area contributed by atoms with Gasteiger partial charge in [-0.2, -0.15) is 0 Å². The summed E-state index contributed by atoms with van der Waals surface area (Å²) in [7, 11) is 0. The molecule has 0 aromatic carbocycles. The van der Waals surface area contributed by atoms with Gasteiger partial charge in [-0.15, -0.1) is 0 Å². The van der Waals surface area contributed by atoms with Crippen LogP contribution < -0.4 is 10.6 Å². The molecule has 1 aromatic rings. The second-order valence-corrected chi connectivity index (χ2v) is 5.23. The molecular formula is C14H23N3O2. The van der Waals surface area contributed by atoms with Gasteiger partial charge >= 0.3 is 6.03 Å². The zero-order valence-electron chi connectivity index (χ0n) is 11.8. The second-order valence-electron chi connectivity index (χ2n) is 5.23. The molecular weight excluding hydrogens is 242 g/mol. The number of carbonyl (C=O) groups excluding carboxylic acids is 1. The Balaban J connectivity index is 2.49. The number of rotatable bonds is 6. The second kappa shape index (κ2) is 7.09. The summed E-state index contributed by atoms with van der Waals surface area (Å²) in [6.07, 6.45) is 4.20. The minimum Gasteiger partial charge on any atom is -0.394 e. The fourth-order valence-corrected chi connectivity index (χ4v) is 1.72. The Morgan fingerprint density at radius 1 is 1.42 bits per heavy atom. The van der Waals surface area contributed by atoms with Crippen LogP contribution in [-0.2, 0) is 5.41 Å². The molecule has 5 nitrogen and oxygen atoms in total. The number of aliphatic hydroxyl groups excluding tert-OH is 1. The van der Waals surface area contributed by atoms with Crippen LogP contribution in [0.2, 0.25) is 0 Å². The largest absolute Gasteiger partial charge is 0.394 e. The molecule has 0 fully saturated rings. The molecule has 2 amide bonds. The topological polar surface area (TPSA) is 74.2 Å². The molecule has 19 heavy (non-hydrogen) atoms. The lowest BCUT2D eigenvalue weighted by Crippen LogP contribution is -2.47. The molecule has 0 aliphatic heterocycles. The number of aliphatic hydroxyl groups is 1. The van der Waals surface area contributed by atoms with Crippen LogP contribution in [0.25, 0.3) is 0 Å². The maximum Gasteiger partial charge on any atom is 0.315 e. The van der Waals surface area contributed by atoms with Crippen molar-refractivity contribution in [2.24, 2.45) is 0 Å². The Morgan fingerprint density at radius 3 is 2.58 bits per heavy atom. The summed E-state index contributed by atoms with van der Waals surface area (Å²) in [6.45, 7) is 6.52. The Hall–Kier alpha value is -1.62. The maximum atomic E-state index is 11.7. The average Bonchev–Trinajstić information content (AvgIpc) is 2.43. The minimum atomic E-state index is -0.247. The van der Waals surface area contributed by atoms with E-state index in [1.54, 1.807) is 12.4 Å². The molecule has 0 bridgehead atoms. The van der Waals surface area contributed by atoms with Crippen molar-refractivity contribution in [1.82, 2.24) is 15.6 Å². The number of amides is 2. The van der Waals surface area contributed by atoms with Crippen LogP contribution in [-0.4, -0.2) is 35.3 Å². The molecule has 5 heteroatoms. The summed E-state index contributed by atoms with van der Waals surface area (Å²) < 4.78 is 0. The third kappa shape index (κ3) is 4.87. The van der Waals surface area contributed by atoms with E-state index < -0.39 is 0 Å². The highest BCUT2D eigenvalue weighted by Crippen LogP contribution is 2.20. The molecule has 1 rings (SSSR count). The highest BCUT2D eigenvalue weighted by atomic mass is 16.3. The number of urea groups is 1. The first-order chi connectivity index (χ1) is 8.99. The summed E-state index contributed by atoms with van der Waals surface area (Å²) in [4.78, 5) is 15.7. The standard InChI is InChI=1S/C14H23N3O2/c1-4-12(9-18)17-13(19)16-10-14(2,3)11-5-7-15-8-6-11/h5-8,12,18H,4,9-10H2,1-3H3,(H2,16,17,19). The molecule has 1 aromatic heterocycles. The van der Waals surface area contributed by atoms with E-state index in [1.807, 2.05) is 19.1 Å². The van der Waals surface area contributed by atoms with E-state index in [2.05, 4.69) is 29.5 Å². The summed E-state index contributed by atoms with van der Waals surface area (Å²) >= 11 is 0. The van der Waals surface area contributed by atoms with Crippen LogP contribution in [0.1, 0.15) is 32.8 Å². The first-order valence-electron chi connectivity index (χ1n) is 6.55. The highest BCUT2D eigenvalue weighted by Gasteiger charge is 2.21. The maximum absolute atomic E-state index is 11.7. The van der Waals surface area contributed by atoms with Crippen LogP contribution >= 0.6 is 0 Å². The average molecular weight is 265 g/mol. The zero-order chi connectivity index (χ0) is 14.3. The lowest BCUT2D eigenvalue weighted by Gasteiger charge is -2.26. The monoisotopic (exact) mass is 265 g/mol. The molecule has 0 saturated carbocycles. The molecule has 106 valence electrons. The third-order valence-electron chi connectivity index (χ3n) is 3.20. The first-order valence-corrected chi connectivity index (χ1v) is 6.55. The van der Waals surface area contributed by atoms with Crippen LogP contribution in [0.3, 0.4) is 0 Å². The number of hydrogen-bond acceptors (Lipinski definition) is 3. The number of carbonyl (C=O) groups is 1. The predicted octanol–water partition coefficient (Wildman–Crippen LogP) is 1.43. The van der Waals surface area contributed by atoms with E-state index in [4.69, 9.17) is 5.11 Å². The normalized spacial score (nSPS) is 12.8. The van der Waals surface area contributed by atoms with Gasteiger partial charge in [-0.25, -0.2) is 4.79 Å². The van der Waals surface area contributed by atoms with Gasteiger partial charge in [-0.3, -0.25) is 4.98 Å². The van der Waals surface area contributed by atoms with Gasteiger partial charge in [0.05, 0.1) is 12.6 Å². The van der Waals surface area contributed by atoms with Gasteiger partial charge < -0.3 is 15.7 Å². The van der Waals surface area contributed by atoms with E-state index in [1.165, 1.54) is 0 Å². The van der Waals surface area contributed by atoms with Gasteiger partial charge in [-0.05, 0) is 24.1 Å². The van der Waals surface area contributed by atoms with E-state index in [-0.39, 0.29) is 24.1 Å². The number of nitrogens with one attached hydrogen (secondary N) is 2. The smallest absolute Gasteiger partial charge is 0.315 e. The van der Waals surface area contributed by atoms with Crippen molar-refractivity contribution >= 4 is 6.03 Å². The fourth-order valence-electron chi connectivity index (χ4n) is 1.72. The summed E-state index contributed by atoms with van der Waals surface area (Å²) in [5, 5.41) is 14.6. The van der Waals surface area contributed by atoms with Gasteiger partial charge in [0.25, 0.3) is 0 Å². The van der Waals surface area contributed by atoms with E-state index in [9.17, 15) is 4.79 Å². The molecule has 1 heterocycles. The van der Waals surface area contributed by atoms with Crippen LogP contribution in [0.15, 0.2) is 24.5 Å². The van der Waals surface area contributed by atoms with Crippen molar-refractivity contribution in [2.45, 2.75) is 38.6 Å². The van der Waals surface area contributed by atoms with Crippen molar-refractivity contribution in [3.63, 3.8) is 0 Å². The molecule has 0 spiro atoms. The third-order valence-corrected chi connectivity index (χ3v) is 3.20. The molecule has 3 N–H and O–H groups in total. The first kappa shape index (κ1) is 15.4. The lowest BCUT2D eigenvalue weighted by atomic mass is 9.85. The molecule has 0 aliphatic rings. The molecule has 1 unspecified atom stereocenters. The number of nitrogens with zero attached hydrogens (tertiary/aromatic N) is 1. The number of hydrogen-bond donors (Lipinski definition) is 3. The Labute approximate surface area is 114 Å². The predicted molar refractivity (Wildman–Crippen MR) is 75.0 cm³/mol. The van der Waals surface area contributed by atoms with Crippen molar-refractivity contribution < 1.29 is 9.90 Å². The number of aromatic nitrogens is 1. The van der Waals surface area contributed by atoms with Crippen molar-refractivity contribution in [1.29, 1.82) is 0 Å². The van der Waals surface area contributed by atoms with Crippen molar-refractivity contribution in [2.75, 3.05) is 13.2 Å². The number of pyridine rings is 1. The van der Waals surface area contributed by atoms with Gasteiger partial charge in [0, 0.05) is 24.4 Å². The lowest BCUT2D eigenvalue weighted by molar-refractivity contribution is 0.213. The molecule has 0 radical (unpaired) electrons. The Bertz CT molecular complexity index is 389. The van der Waals surface area contributed by atoms with Gasteiger partial charge in [0.1, 0.15) is 0 Å². The van der Waals surface area contributed by atoms with Crippen LogP contribution in [0.5, 0.6) is 0 Å². The SMILES string of the molecule is CCC(CO)NC(=O)NCC(C)(C)c1ccncc1. The van der Waals surface area contributed by atoms with Gasteiger partial charge in [-0.1, -0.05) is 20.8 Å². The molecule has 0 saturated heterocycles. The van der Waals surface area contributed by atoms with Gasteiger partial charge in [0.2, 0.25) is 0 Å². The summed E-state index contributed by atoms with van der Waals surface area (Å²) in [5.41, 5.74) is 0.957. The van der Waals surface area contributed by atoms with Crippen LogP contribution in [0.4, 0.5) is 4.79 Å². The summed E-state index contributed by atoms with van der Waals surface area (Å²) in [6, 6.07) is 3.46. The van der Waals surface area contributed by atoms with Crippen molar-refractivity contribution in [3.8, 4) is 0 Å². The molecule has 1 atom stereocenters. The van der Waals surface area contributed by atoms with Gasteiger partial charge in [0.15, 0.2) is 0 Å². The Morgan fingerprint density at radius 2 is 2.05 bits per heavy atom. The Kier molecular flexibility index (Phi) is 5.76. The fraction of sp³-hybridized carbons (Fsp3) is 0.571. The highest BCUT2D eigenvalue weighted by molar-refractivity contribution is 5.74. The zero-order valence-corrected chi connectivity index (χ0v) is 11.8. The quantitative estimate of drug-likeness (QED) is 0.728. The molecule has 0 aliphatic carbocycles. The van der Waals surface area contributed by atoms with E-state index >= 15 is 0 Å². The minimum absolute atomic E-state index is 0.0440. The van der Waals surface area contributed by atoms with Crippen molar-refractivity contribution in [3.05, 3.63) is 30.1 Å². The van der Waals surface area contributed by atoms with E-state index in [0.29, 0.717) is 13.0 Å².